The van der Waals surface area contributed by atoms with E-state index in [1.54, 1.807) is 6.92 Å². The molecule has 0 saturated heterocycles. The zero-order valence-corrected chi connectivity index (χ0v) is 6.94. The van der Waals surface area contributed by atoms with Crippen molar-refractivity contribution < 1.29 is 0 Å². The maximum absolute atomic E-state index is 10.4. The molecule has 60 valence electrons. The lowest BCUT2D eigenvalue weighted by atomic mass is 10.4. The second-order valence-corrected chi connectivity index (χ2v) is 1.62. The van der Waals surface area contributed by atoms with E-state index in [4.69, 9.17) is 5.73 Å². The van der Waals surface area contributed by atoms with E-state index in [0.717, 1.165) is 0 Å². The van der Waals surface area contributed by atoms with Crippen molar-refractivity contribution in [2.75, 3.05) is 5.73 Å². The molecule has 6 heteroatoms. The minimum atomic E-state index is -0.248. The molecule has 0 aliphatic rings. The van der Waals surface area contributed by atoms with E-state index in [0.29, 0.717) is 5.69 Å². The van der Waals surface area contributed by atoms with Gasteiger partial charge < -0.3 is 10.8 Å². The molecule has 10 heavy (non-hydrogen) atoms. The van der Waals surface area contributed by atoms with Crippen LogP contribution in [0.3, 0.4) is 0 Å². The van der Waals surface area contributed by atoms with Gasteiger partial charge in [-0.2, -0.15) is 0 Å². The molecule has 0 spiro atoms. The molecular formula is C4H9Cl2N3O. The molecule has 0 saturated carbocycles. The summed E-state index contributed by atoms with van der Waals surface area (Å²) in [6.45, 7) is 1.73. The average Bonchev–Trinajstić information content (AvgIpc) is 1.98. The van der Waals surface area contributed by atoms with Gasteiger partial charge in [0.15, 0.2) is 0 Å². The average molecular weight is 186 g/mol. The van der Waals surface area contributed by atoms with Gasteiger partial charge in [0.2, 0.25) is 0 Å². The van der Waals surface area contributed by atoms with Crippen LogP contribution in [0.1, 0.15) is 5.69 Å². The lowest BCUT2D eigenvalue weighted by Crippen LogP contribution is -2.04. The number of rotatable bonds is 0. The molecule has 1 aromatic heterocycles. The number of aromatic amines is 2. The van der Waals surface area contributed by atoms with Crippen LogP contribution in [-0.4, -0.2) is 10.2 Å². The van der Waals surface area contributed by atoms with Gasteiger partial charge in [-0.05, 0) is 6.92 Å². The Labute approximate surface area is 70.0 Å². The van der Waals surface area contributed by atoms with Crippen LogP contribution in [0.25, 0.3) is 0 Å². The van der Waals surface area contributed by atoms with Crippen LogP contribution < -0.4 is 11.3 Å². The summed E-state index contributed by atoms with van der Waals surface area (Å²) in [4.78, 5) is 10.4. The fourth-order valence-corrected chi connectivity index (χ4v) is 0.455. The Morgan fingerprint density at radius 3 is 1.90 bits per heavy atom. The quantitative estimate of drug-likeness (QED) is 0.549. The normalized spacial score (nSPS) is 7.70. The number of nitrogen functional groups attached to an aromatic ring is 1. The Morgan fingerprint density at radius 2 is 1.80 bits per heavy atom. The van der Waals surface area contributed by atoms with Crippen molar-refractivity contribution in [2.24, 2.45) is 0 Å². The molecule has 1 aromatic rings. The Morgan fingerprint density at radius 1 is 1.30 bits per heavy atom. The third kappa shape index (κ3) is 1.97. The number of nitrogens with two attached hydrogens (primary N) is 1. The number of halogens is 2. The van der Waals surface area contributed by atoms with Crippen LogP contribution in [0.5, 0.6) is 0 Å². The predicted molar refractivity (Wildman–Crippen MR) is 45.1 cm³/mol. The number of hydrogen-bond donors (Lipinski definition) is 3. The second kappa shape index (κ2) is 4.24. The zero-order valence-electron chi connectivity index (χ0n) is 5.30. The highest BCUT2D eigenvalue weighted by Crippen LogP contribution is 1.94. The maximum atomic E-state index is 10.4. The van der Waals surface area contributed by atoms with Gasteiger partial charge in [0.05, 0.1) is 5.69 Å². The standard InChI is InChI=1S/C4H7N3O.2ClH/c1-2-3(5)4(8)7-6-2;;/h5H2,1H3,(H2,6,7,8);2*1H. The topological polar surface area (TPSA) is 74.7 Å². The number of H-pyrrole nitrogens is 2. The lowest BCUT2D eigenvalue weighted by molar-refractivity contribution is 1.02. The third-order valence-electron chi connectivity index (χ3n) is 1.01. The summed E-state index contributed by atoms with van der Waals surface area (Å²) in [6, 6.07) is 0. The third-order valence-corrected chi connectivity index (χ3v) is 1.01. The summed E-state index contributed by atoms with van der Waals surface area (Å²) in [5, 5.41) is 4.91. The first-order chi connectivity index (χ1) is 3.72. The number of aryl methyl sites for hydroxylation is 1. The first kappa shape index (κ1) is 12.1. The van der Waals surface area contributed by atoms with E-state index in [1.165, 1.54) is 0 Å². The molecule has 0 amide bonds. The minimum absolute atomic E-state index is 0. The van der Waals surface area contributed by atoms with E-state index < -0.39 is 0 Å². The second-order valence-electron chi connectivity index (χ2n) is 1.62. The number of hydrogen-bond acceptors (Lipinski definition) is 2. The van der Waals surface area contributed by atoms with Crippen molar-refractivity contribution in [1.29, 1.82) is 0 Å². The van der Waals surface area contributed by atoms with Crippen LogP contribution in [0.4, 0.5) is 5.69 Å². The van der Waals surface area contributed by atoms with Gasteiger partial charge in [-0.15, -0.1) is 24.8 Å². The first-order valence-electron chi connectivity index (χ1n) is 2.24. The first-order valence-corrected chi connectivity index (χ1v) is 2.24. The van der Waals surface area contributed by atoms with E-state index in [-0.39, 0.29) is 36.1 Å². The summed E-state index contributed by atoms with van der Waals surface area (Å²) in [6.07, 6.45) is 0. The SMILES string of the molecule is Cc1[nH][nH]c(=O)c1N.Cl.Cl. The van der Waals surface area contributed by atoms with Gasteiger partial charge in [0.1, 0.15) is 5.69 Å². The lowest BCUT2D eigenvalue weighted by Gasteiger charge is -1.79. The summed E-state index contributed by atoms with van der Waals surface area (Å²) >= 11 is 0. The molecule has 0 radical (unpaired) electrons. The van der Waals surface area contributed by atoms with Crippen molar-refractivity contribution in [1.82, 2.24) is 10.2 Å². The van der Waals surface area contributed by atoms with Gasteiger partial charge in [-0.25, -0.2) is 0 Å². The molecule has 4 N–H and O–H groups in total. The number of anilines is 1. The van der Waals surface area contributed by atoms with Crippen molar-refractivity contribution in [2.45, 2.75) is 6.92 Å². The predicted octanol–water partition coefficient (Wildman–Crippen LogP) is 0.437. The van der Waals surface area contributed by atoms with Crippen LogP contribution >= 0.6 is 24.8 Å². The van der Waals surface area contributed by atoms with E-state index >= 15 is 0 Å². The Hall–Kier alpha value is -0.610. The molecule has 0 aliphatic carbocycles. The molecule has 0 atom stereocenters. The zero-order chi connectivity index (χ0) is 6.15. The minimum Gasteiger partial charge on any atom is -0.393 e. The van der Waals surface area contributed by atoms with Crippen molar-refractivity contribution >= 4 is 30.5 Å². The molecule has 4 nitrogen and oxygen atoms in total. The van der Waals surface area contributed by atoms with Crippen molar-refractivity contribution in [3.8, 4) is 0 Å². The highest BCUT2D eigenvalue weighted by atomic mass is 35.5. The van der Waals surface area contributed by atoms with Gasteiger partial charge in [-0.3, -0.25) is 9.89 Å². The van der Waals surface area contributed by atoms with Crippen LogP contribution in [0.15, 0.2) is 4.79 Å². The van der Waals surface area contributed by atoms with E-state index in [2.05, 4.69) is 10.2 Å². The van der Waals surface area contributed by atoms with Gasteiger partial charge in [-0.1, -0.05) is 0 Å². The van der Waals surface area contributed by atoms with Crippen LogP contribution in [-0.2, 0) is 0 Å². The van der Waals surface area contributed by atoms with Crippen molar-refractivity contribution in [3.05, 3.63) is 16.0 Å². The number of nitrogens with one attached hydrogen (secondary N) is 2. The fourth-order valence-electron chi connectivity index (χ4n) is 0.455. The highest BCUT2D eigenvalue weighted by Gasteiger charge is 1.96. The van der Waals surface area contributed by atoms with E-state index in [9.17, 15) is 4.79 Å². The molecule has 0 fully saturated rings. The highest BCUT2D eigenvalue weighted by molar-refractivity contribution is 5.85. The smallest absolute Gasteiger partial charge is 0.287 e. The summed E-state index contributed by atoms with van der Waals surface area (Å²) in [5.74, 6) is 0. The summed E-state index contributed by atoms with van der Waals surface area (Å²) in [5.41, 5.74) is 5.94. The van der Waals surface area contributed by atoms with Crippen LogP contribution in [0, 0.1) is 6.92 Å². The number of aromatic nitrogens is 2. The van der Waals surface area contributed by atoms with Crippen LogP contribution in [0.2, 0.25) is 0 Å². The van der Waals surface area contributed by atoms with Gasteiger partial charge in [0.25, 0.3) is 5.56 Å². The summed E-state index contributed by atoms with van der Waals surface area (Å²) in [7, 11) is 0. The molecule has 0 aliphatic heterocycles. The largest absolute Gasteiger partial charge is 0.393 e. The Balaban J connectivity index is 0. The van der Waals surface area contributed by atoms with Gasteiger partial charge >= 0.3 is 0 Å². The molecule has 1 rings (SSSR count). The van der Waals surface area contributed by atoms with Gasteiger partial charge in [0, 0.05) is 0 Å². The van der Waals surface area contributed by atoms with Crippen molar-refractivity contribution in [3.63, 3.8) is 0 Å². The molecular weight excluding hydrogens is 177 g/mol. The molecule has 0 bridgehead atoms. The molecule has 0 aromatic carbocycles. The molecule has 1 heterocycles. The monoisotopic (exact) mass is 185 g/mol. The summed E-state index contributed by atoms with van der Waals surface area (Å²) < 4.78 is 0. The van der Waals surface area contributed by atoms with E-state index in [1.807, 2.05) is 0 Å². The maximum Gasteiger partial charge on any atom is 0.287 e. The fraction of sp³-hybridized carbons (Fsp3) is 0.250. The molecule has 0 unspecified atom stereocenters. The Kier molecular flexibility index (Phi) is 5.14. The Bertz CT molecular complexity index is 241.